The quantitative estimate of drug-likeness (QED) is 0.332. The van der Waals surface area contributed by atoms with Crippen molar-refractivity contribution in [2.24, 2.45) is 0 Å². The van der Waals surface area contributed by atoms with E-state index in [0.717, 1.165) is 45.6 Å². The summed E-state index contributed by atoms with van der Waals surface area (Å²) in [6.45, 7) is 6.06. The molecule has 0 spiro atoms. The molecule has 33 heavy (non-hydrogen) atoms. The third-order valence-electron chi connectivity index (χ3n) is 5.70. The predicted octanol–water partition coefficient (Wildman–Crippen LogP) is 5.50. The first kappa shape index (κ1) is 21.3. The summed E-state index contributed by atoms with van der Waals surface area (Å²) in [5.74, 6) is 1.42. The minimum absolute atomic E-state index is 0.162. The lowest BCUT2D eigenvalue weighted by atomic mass is 9.94. The summed E-state index contributed by atoms with van der Waals surface area (Å²) in [7, 11) is 0. The summed E-state index contributed by atoms with van der Waals surface area (Å²) >= 11 is 1.62. The number of rotatable bonds is 6. The second-order valence-corrected chi connectivity index (χ2v) is 9.25. The molecule has 1 aliphatic heterocycles. The summed E-state index contributed by atoms with van der Waals surface area (Å²) in [6.07, 6.45) is 3.01. The van der Waals surface area contributed by atoms with Gasteiger partial charge in [-0.15, -0.1) is 5.10 Å². The largest absolute Gasteiger partial charge is 0.361 e. The molecule has 0 radical (unpaired) electrons. The van der Waals surface area contributed by atoms with Gasteiger partial charge in [-0.05, 0) is 44.0 Å². The van der Waals surface area contributed by atoms with Crippen molar-refractivity contribution in [2.75, 3.05) is 16.4 Å². The highest BCUT2D eigenvalue weighted by atomic mass is 32.2. The molecule has 4 aromatic rings. The molecular weight excluding hydrogens is 432 g/mol. The summed E-state index contributed by atoms with van der Waals surface area (Å²) in [5, 5.41) is 13.0. The number of amides is 1. The molecule has 8 heteroatoms. The van der Waals surface area contributed by atoms with E-state index in [0.29, 0.717) is 16.7 Å². The zero-order chi connectivity index (χ0) is 22.9. The molecule has 7 nitrogen and oxygen atoms in total. The fourth-order valence-electron chi connectivity index (χ4n) is 4.21. The number of benzene rings is 2. The topological polar surface area (TPSA) is 87.6 Å². The Bertz CT molecular complexity index is 1370. The SMILES string of the molecule is CCCSc1nc2n(n1)C(c1c[nH]c3ccccc13)C(C(=O)Nc1cccc(C)c1)=C(C)N2. The lowest BCUT2D eigenvalue weighted by molar-refractivity contribution is -0.113. The van der Waals surface area contributed by atoms with Crippen molar-refractivity contribution in [3.63, 3.8) is 0 Å². The van der Waals surface area contributed by atoms with Crippen molar-refractivity contribution >= 4 is 40.2 Å². The Morgan fingerprint density at radius 3 is 2.85 bits per heavy atom. The monoisotopic (exact) mass is 458 g/mol. The predicted molar refractivity (Wildman–Crippen MR) is 134 cm³/mol. The normalized spacial score (nSPS) is 15.4. The van der Waals surface area contributed by atoms with E-state index in [-0.39, 0.29) is 5.91 Å². The van der Waals surface area contributed by atoms with Crippen LogP contribution in [0, 0.1) is 6.92 Å². The van der Waals surface area contributed by atoms with Crippen LogP contribution in [-0.4, -0.2) is 31.4 Å². The van der Waals surface area contributed by atoms with Crippen LogP contribution in [-0.2, 0) is 4.79 Å². The third kappa shape index (κ3) is 4.02. The van der Waals surface area contributed by atoms with E-state index in [1.54, 1.807) is 11.8 Å². The Labute approximate surface area is 196 Å². The molecule has 168 valence electrons. The van der Waals surface area contributed by atoms with Crippen LogP contribution in [0.3, 0.4) is 0 Å². The van der Waals surface area contributed by atoms with Gasteiger partial charge in [-0.2, -0.15) is 4.98 Å². The molecule has 0 bridgehead atoms. The van der Waals surface area contributed by atoms with E-state index in [1.807, 2.05) is 67.2 Å². The molecule has 5 rings (SSSR count). The van der Waals surface area contributed by atoms with E-state index in [2.05, 4.69) is 28.6 Å². The lowest BCUT2D eigenvalue weighted by Crippen LogP contribution is -2.31. The third-order valence-corrected chi connectivity index (χ3v) is 6.75. The number of fused-ring (bicyclic) bond motifs is 2. The van der Waals surface area contributed by atoms with Crippen LogP contribution in [0.4, 0.5) is 11.6 Å². The first-order valence-electron chi connectivity index (χ1n) is 11.1. The molecule has 1 amide bonds. The van der Waals surface area contributed by atoms with Gasteiger partial charge >= 0.3 is 0 Å². The maximum absolute atomic E-state index is 13.6. The first-order valence-corrected chi connectivity index (χ1v) is 12.0. The molecule has 3 heterocycles. The Morgan fingerprint density at radius 2 is 2.03 bits per heavy atom. The number of para-hydroxylation sites is 1. The van der Waals surface area contributed by atoms with Gasteiger partial charge in [0, 0.05) is 39.8 Å². The number of carbonyl (C=O) groups excluding carboxylic acids is 1. The maximum atomic E-state index is 13.6. The highest BCUT2D eigenvalue weighted by Crippen LogP contribution is 2.39. The number of thioether (sulfide) groups is 1. The van der Waals surface area contributed by atoms with Crippen LogP contribution in [0.25, 0.3) is 10.9 Å². The van der Waals surface area contributed by atoms with E-state index in [9.17, 15) is 4.79 Å². The number of aryl methyl sites for hydroxylation is 1. The van der Waals surface area contributed by atoms with Gasteiger partial charge in [0.2, 0.25) is 11.1 Å². The average Bonchev–Trinajstić information content (AvgIpc) is 3.40. The van der Waals surface area contributed by atoms with Gasteiger partial charge in [0.05, 0.1) is 5.57 Å². The molecule has 1 atom stereocenters. The summed E-state index contributed by atoms with van der Waals surface area (Å²) in [6, 6.07) is 15.5. The van der Waals surface area contributed by atoms with Gasteiger partial charge < -0.3 is 15.6 Å². The molecule has 0 saturated carbocycles. The summed E-state index contributed by atoms with van der Waals surface area (Å²) < 4.78 is 1.84. The van der Waals surface area contributed by atoms with Gasteiger partial charge in [0.15, 0.2) is 0 Å². The van der Waals surface area contributed by atoms with Crippen molar-refractivity contribution in [1.29, 1.82) is 0 Å². The van der Waals surface area contributed by atoms with Crippen LogP contribution in [0.1, 0.15) is 37.4 Å². The second kappa shape index (κ2) is 8.78. The van der Waals surface area contributed by atoms with Gasteiger partial charge in [0.1, 0.15) is 6.04 Å². The van der Waals surface area contributed by atoms with E-state index in [4.69, 9.17) is 10.1 Å². The Hall–Kier alpha value is -3.52. The van der Waals surface area contributed by atoms with Crippen molar-refractivity contribution in [2.45, 2.75) is 38.4 Å². The molecule has 0 fully saturated rings. The zero-order valence-corrected chi connectivity index (χ0v) is 19.7. The number of hydrogen-bond donors (Lipinski definition) is 3. The van der Waals surface area contributed by atoms with Gasteiger partial charge in [0.25, 0.3) is 5.91 Å². The van der Waals surface area contributed by atoms with Gasteiger partial charge in [-0.3, -0.25) is 4.79 Å². The number of allylic oxidation sites excluding steroid dienone is 1. The Balaban J connectivity index is 1.61. The minimum Gasteiger partial charge on any atom is -0.361 e. The van der Waals surface area contributed by atoms with E-state index >= 15 is 0 Å². The number of H-pyrrole nitrogens is 1. The van der Waals surface area contributed by atoms with Crippen LogP contribution in [0.15, 0.2) is 71.2 Å². The van der Waals surface area contributed by atoms with Crippen LogP contribution >= 0.6 is 11.8 Å². The molecule has 0 aliphatic carbocycles. The molecule has 1 aliphatic rings. The highest BCUT2D eigenvalue weighted by molar-refractivity contribution is 7.99. The Morgan fingerprint density at radius 1 is 1.18 bits per heavy atom. The van der Waals surface area contributed by atoms with E-state index < -0.39 is 6.04 Å². The molecular formula is C25H26N6OS. The number of anilines is 2. The fraction of sp³-hybridized carbons (Fsp3) is 0.240. The molecule has 2 aromatic carbocycles. The number of nitrogens with one attached hydrogen (secondary N) is 3. The standard InChI is InChI=1S/C25H26N6OS/c1-4-12-33-25-29-24-27-16(3)21(23(32)28-17-9-7-8-15(2)13-17)22(31(24)30-25)19-14-26-20-11-6-5-10-18(19)20/h5-11,13-14,22,26H,4,12H2,1-3H3,(H,28,32)(H,27,29,30). The van der Waals surface area contributed by atoms with E-state index in [1.165, 1.54) is 0 Å². The van der Waals surface area contributed by atoms with Gasteiger partial charge in [-0.25, -0.2) is 4.68 Å². The fourth-order valence-corrected chi connectivity index (χ4v) is 4.89. The summed E-state index contributed by atoms with van der Waals surface area (Å²) in [4.78, 5) is 21.7. The van der Waals surface area contributed by atoms with Crippen LogP contribution < -0.4 is 10.6 Å². The van der Waals surface area contributed by atoms with Crippen LogP contribution in [0.5, 0.6) is 0 Å². The summed E-state index contributed by atoms with van der Waals surface area (Å²) in [5.41, 5.74) is 5.24. The van der Waals surface area contributed by atoms with Crippen molar-refractivity contribution in [1.82, 2.24) is 19.7 Å². The highest BCUT2D eigenvalue weighted by Gasteiger charge is 2.35. The number of aromatic nitrogens is 4. The smallest absolute Gasteiger partial charge is 0.255 e. The van der Waals surface area contributed by atoms with Crippen molar-refractivity contribution in [3.8, 4) is 0 Å². The lowest BCUT2D eigenvalue weighted by Gasteiger charge is -2.28. The van der Waals surface area contributed by atoms with Crippen molar-refractivity contribution in [3.05, 3.63) is 77.1 Å². The first-order chi connectivity index (χ1) is 16.0. The van der Waals surface area contributed by atoms with Gasteiger partial charge in [-0.1, -0.05) is 49.0 Å². The maximum Gasteiger partial charge on any atom is 0.255 e. The molecule has 1 unspecified atom stereocenters. The minimum atomic E-state index is -0.411. The number of carbonyl (C=O) groups is 1. The number of hydrogen-bond acceptors (Lipinski definition) is 5. The molecule has 2 aromatic heterocycles. The number of aromatic amines is 1. The molecule has 3 N–H and O–H groups in total. The van der Waals surface area contributed by atoms with Crippen molar-refractivity contribution < 1.29 is 4.79 Å². The average molecular weight is 459 g/mol. The second-order valence-electron chi connectivity index (χ2n) is 8.19. The Kier molecular flexibility index (Phi) is 5.68. The molecule has 0 saturated heterocycles. The zero-order valence-electron chi connectivity index (χ0n) is 18.8. The van der Waals surface area contributed by atoms with Crippen LogP contribution in [0.2, 0.25) is 0 Å². The number of nitrogens with zero attached hydrogens (tertiary/aromatic N) is 3.